The van der Waals surface area contributed by atoms with Crippen molar-refractivity contribution in [3.05, 3.63) is 24.8 Å². The average molecular weight is 482 g/mol. The summed E-state index contributed by atoms with van der Waals surface area (Å²) in [4.78, 5) is 41.8. The molecule has 0 saturated carbocycles. The molecule has 0 aromatic rings. The fourth-order valence-electron chi connectivity index (χ4n) is 1.73. The van der Waals surface area contributed by atoms with E-state index >= 15 is 0 Å². The lowest BCUT2D eigenvalue weighted by Gasteiger charge is -2.23. The van der Waals surface area contributed by atoms with Crippen LogP contribution in [0.15, 0.2) is 24.8 Å². The Morgan fingerprint density at radius 2 is 1.12 bits per heavy atom. The van der Waals surface area contributed by atoms with Crippen molar-refractivity contribution in [1.82, 2.24) is 0 Å². The highest BCUT2D eigenvalue weighted by Crippen LogP contribution is 2.06. The van der Waals surface area contributed by atoms with Crippen molar-refractivity contribution >= 4 is 24.5 Å². The molecule has 190 valence electrons. The number of esters is 2. The van der Waals surface area contributed by atoms with E-state index in [9.17, 15) is 44.7 Å². The number of carbonyl (C=O) groups excluding carboxylic acids is 4. The Bertz CT molecular complexity index is 650. The molecule has 0 aromatic heterocycles. The van der Waals surface area contributed by atoms with E-state index in [1.807, 2.05) is 0 Å². The molecule has 0 amide bonds. The molecular formula is C19H30O14. The predicted molar refractivity (Wildman–Crippen MR) is 107 cm³/mol. The van der Waals surface area contributed by atoms with Crippen molar-refractivity contribution in [2.45, 2.75) is 55.8 Å². The molecule has 14 nitrogen and oxygen atoms in total. The Morgan fingerprint density at radius 3 is 1.42 bits per heavy atom. The minimum Gasteiger partial charge on any atom is -0.460 e. The minimum atomic E-state index is -1.86. The largest absolute Gasteiger partial charge is 0.460 e. The van der Waals surface area contributed by atoms with Crippen LogP contribution in [0, 0.1) is 0 Å². The second kappa shape index (κ2) is 17.0. The predicted octanol–water partition coefficient (Wildman–Crippen LogP) is -4.89. The number of hydrogen-bond donors (Lipinski definition) is 8. The van der Waals surface area contributed by atoms with Gasteiger partial charge in [0, 0.05) is 11.6 Å². The molecule has 33 heavy (non-hydrogen) atoms. The highest BCUT2D eigenvalue weighted by molar-refractivity contribution is 5.86. The highest BCUT2D eigenvalue weighted by Gasteiger charge is 2.31. The van der Waals surface area contributed by atoms with E-state index in [1.165, 1.54) is 6.92 Å². The third-order valence-corrected chi connectivity index (χ3v) is 3.76. The lowest BCUT2D eigenvalue weighted by atomic mass is 10.0. The maximum Gasteiger partial charge on any atom is 0.333 e. The summed E-state index contributed by atoms with van der Waals surface area (Å²) in [5.41, 5.74) is 0.111. The van der Waals surface area contributed by atoms with Gasteiger partial charge in [0.15, 0.2) is 12.6 Å². The van der Waals surface area contributed by atoms with Gasteiger partial charge < -0.3 is 59.9 Å². The number of ether oxygens (including phenoxy) is 2. The highest BCUT2D eigenvalue weighted by atomic mass is 16.5. The molecule has 0 saturated heterocycles. The third kappa shape index (κ3) is 12.9. The number of rotatable bonds is 14. The Morgan fingerprint density at radius 1 is 0.758 bits per heavy atom. The van der Waals surface area contributed by atoms with Crippen molar-refractivity contribution in [3.8, 4) is 0 Å². The number of aldehydes is 2. The van der Waals surface area contributed by atoms with Gasteiger partial charge in [0.25, 0.3) is 0 Å². The topological polar surface area (TPSA) is 249 Å². The van der Waals surface area contributed by atoms with Crippen LogP contribution < -0.4 is 0 Å². The van der Waals surface area contributed by atoms with E-state index in [0.29, 0.717) is 0 Å². The minimum absolute atomic E-state index is 0.0103. The van der Waals surface area contributed by atoms with Crippen molar-refractivity contribution in [1.29, 1.82) is 0 Å². The van der Waals surface area contributed by atoms with Gasteiger partial charge in [-0.3, -0.25) is 0 Å². The first-order valence-electron chi connectivity index (χ1n) is 9.21. The zero-order valence-electron chi connectivity index (χ0n) is 17.7. The zero-order valence-corrected chi connectivity index (χ0v) is 17.7. The van der Waals surface area contributed by atoms with Crippen LogP contribution in [-0.2, 0) is 28.7 Å². The summed E-state index contributed by atoms with van der Waals surface area (Å²) >= 11 is 0. The van der Waals surface area contributed by atoms with Crippen LogP contribution in [0.5, 0.6) is 0 Å². The summed E-state index contributed by atoms with van der Waals surface area (Å²) in [6, 6.07) is 0. The molecule has 14 heteroatoms. The summed E-state index contributed by atoms with van der Waals surface area (Å²) < 4.78 is 8.91. The Hall–Kier alpha value is -2.56. The van der Waals surface area contributed by atoms with Crippen molar-refractivity contribution in [3.63, 3.8) is 0 Å². The average Bonchev–Trinajstić information content (AvgIpc) is 2.82. The van der Waals surface area contributed by atoms with Crippen LogP contribution in [0.2, 0.25) is 0 Å². The Balaban J connectivity index is 0. The molecular weight excluding hydrogens is 452 g/mol. The molecule has 0 aliphatic heterocycles. The number of aliphatic hydroxyl groups excluding tert-OH is 8. The molecule has 8 atom stereocenters. The first-order valence-corrected chi connectivity index (χ1v) is 9.21. The Labute approximate surface area is 188 Å². The van der Waals surface area contributed by atoms with E-state index in [4.69, 9.17) is 15.3 Å². The van der Waals surface area contributed by atoms with Crippen molar-refractivity contribution < 1.29 is 69.5 Å². The van der Waals surface area contributed by atoms with Gasteiger partial charge in [-0.25, -0.2) is 9.59 Å². The molecule has 0 unspecified atom stereocenters. The molecule has 0 radical (unpaired) electrons. The molecule has 8 N–H and O–H groups in total. The van der Waals surface area contributed by atoms with Gasteiger partial charge in [-0.05, 0) is 6.92 Å². The van der Waals surface area contributed by atoms with Gasteiger partial charge in [-0.1, -0.05) is 13.2 Å². The van der Waals surface area contributed by atoms with Gasteiger partial charge in [0.05, 0.1) is 0 Å². The monoisotopic (exact) mass is 482 g/mol. The molecule has 0 bridgehead atoms. The summed E-state index contributed by atoms with van der Waals surface area (Å²) in [5, 5.41) is 73.2. The number of carbonyl (C=O) groups is 4. The van der Waals surface area contributed by atoms with Crippen molar-refractivity contribution in [2.75, 3.05) is 13.2 Å². The van der Waals surface area contributed by atoms with Crippen LogP contribution in [0.1, 0.15) is 6.92 Å². The summed E-state index contributed by atoms with van der Waals surface area (Å²) in [5.74, 6) is -1.57. The fraction of sp³-hybridized carbons (Fsp3) is 0.579. The van der Waals surface area contributed by atoms with E-state index in [2.05, 4.69) is 22.6 Å². The van der Waals surface area contributed by atoms with Gasteiger partial charge in [0.1, 0.15) is 62.0 Å². The van der Waals surface area contributed by atoms with Crippen LogP contribution in [0.4, 0.5) is 0 Å². The fourth-order valence-corrected chi connectivity index (χ4v) is 1.73. The molecule has 0 rings (SSSR count). The number of hydrogen-bond acceptors (Lipinski definition) is 14. The summed E-state index contributed by atoms with van der Waals surface area (Å²) in [6.45, 7) is 6.63. The van der Waals surface area contributed by atoms with Crippen LogP contribution >= 0.6 is 0 Å². The van der Waals surface area contributed by atoms with E-state index in [-0.39, 0.29) is 18.1 Å². The van der Waals surface area contributed by atoms with Gasteiger partial charge in [-0.15, -0.1) is 0 Å². The lowest BCUT2D eigenvalue weighted by molar-refractivity contribution is -0.152. The quantitative estimate of drug-likeness (QED) is 0.0657. The van der Waals surface area contributed by atoms with E-state index < -0.39 is 74.0 Å². The molecule has 0 aromatic carbocycles. The maximum atomic E-state index is 10.9. The third-order valence-electron chi connectivity index (χ3n) is 3.76. The molecule has 0 spiro atoms. The SMILES string of the molecule is C=C(C)C(=O)OC[C@@H](O)[C@H](O)[C@H](O)[C@@H](O)C=O.C=CC(=O)OC[C@@H](O)[C@H](O)[C@H](O)[C@@H](O)C=O. The van der Waals surface area contributed by atoms with Crippen LogP contribution in [-0.4, -0.2) is 127 Å². The van der Waals surface area contributed by atoms with Gasteiger partial charge in [-0.2, -0.15) is 0 Å². The molecule has 0 aliphatic rings. The Kier molecular flexibility index (Phi) is 16.8. The van der Waals surface area contributed by atoms with Crippen LogP contribution in [0.3, 0.4) is 0 Å². The molecule has 0 heterocycles. The lowest BCUT2D eigenvalue weighted by Crippen LogP contribution is -2.46. The molecule has 0 fully saturated rings. The first kappa shape index (κ1) is 32.6. The summed E-state index contributed by atoms with van der Waals surface area (Å²) in [7, 11) is 0. The van der Waals surface area contributed by atoms with E-state index in [0.717, 1.165) is 6.08 Å². The first-order chi connectivity index (χ1) is 15.2. The standard InChI is InChI=1S/C10H16O7.C9H14O7/c1-5(2)10(16)17-4-7(13)9(15)8(14)6(12)3-11;1-2-7(13)16-4-6(12)9(15)8(14)5(11)3-10/h3,6-9,12-15H,1,4H2,2H3;2-3,5-6,8-9,11-12,14-15H,1,4H2/t6-,7+,8+,9-;5-,6+,8+,9-/m00/s1. The van der Waals surface area contributed by atoms with Crippen molar-refractivity contribution in [2.24, 2.45) is 0 Å². The maximum absolute atomic E-state index is 10.9. The zero-order chi connectivity index (χ0) is 26.3. The van der Waals surface area contributed by atoms with Crippen LogP contribution in [0.25, 0.3) is 0 Å². The smallest absolute Gasteiger partial charge is 0.333 e. The normalized spacial score (nSPS) is 17.8. The summed E-state index contributed by atoms with van der Waals surface area (Å²) in [6.07, 6.45) is -13.3. The van der Waals surface area contributed by atoms with E-state index in [1.54, 1.807) is 0 Å². The van der Waals surface area contributed by atoms with Gasteiger partial charge >= 0.3 is 11.9 Å². The number of aliphatic hydroxyl groups is 8. The second-order valence-electron chi connectivity index (χ2n) is 6.56. The molecule has 0 aliphatic carbocycles. The second-order valence-corrected chi connectivity index (χ2v) is 6.56. The van der Waals surface area contributed by atoms with Gasteiger partial charge in [0.2, 0.25) is 0 Å².